The Kier molecular flexibility index (Phi) is 5.87. The molecule has 0 aliphatic heterocycles. The summed E-state index contributed by atoms with van der Waals surface area (Å²) < 4.78 is 34.7. The molecule has 0 saturated heterocycles. The van der Waals surface area contributed by atoms with Crippen LogP contribution in [-0.2, 0) is 10.1 Å². The van der Waals surface area contributed by atoms with E-state index in [0.29, 0.717) is 16.6 Å². The Morgan fingerprint density at radius 2 is 1.28 bits per heavy atom. The predicted molar refractivity (Wildman–Crippen MR) is 141 cm³/mol. The summed E-state index contributed by atoms with van der Waals surface area (Å²) in [5.41, 5.74) is 6.87. The molecule has 0 N–H and O–H groups in total. The molecule has 36 heavy (non-hydrogen) atoms. The maximum Gasteiger partial charge on any atom is 0.339 e. The van der Waals surface area contributed by atoms with Crippen molar-refractivity contribution in [2.75, 3.05) is 0 Å². The first-order valence-electron chi connectivity index (χ1n) is 11.5. The molecule has 0 bridgehead atoms. The summed E-state index contributed by atoms with van der Waals surface area (Å²) in [5, 5.41) is 9.95. The van der Waals surface area contributed by atoms with Crippen LogP contribution in [0.15, 0.2) is 96.0 Å². The lowest BCUT2D eigenvalue weighted by Gasteiger charge is -2.11. The molecule has 2 aromatic heterocycles. The zero-order chi connectivity index (χ0) is 25.4. The summed E-state index contributed by atoms with van der Waals surface area (Å²) in [5.74, 6) is 0.132. The van der Waals surface area contributed by atoms with Gasteiger partial charge in [-0.05, 0) is 56.2 Å². The van der Waals surface area contributed by atoms with Crippen LogP contribution in [0.3, 0.4) is 0 Å². The number of nitriles is 1. The molecule has 6 heteroatoms. The third-order valence-electron chi connectivity index (χ3n) is 6.20. The average molecular weight is 493 g/mol. The third-order valence-corrected chi connectivity index (χ3v) is 7.44. The van der Waals surface area contributed by atoms with Gasteiger partial charge in [0.1, 0.15) is 16.5 Å². The Bertz CT molecular complexity index is 1720. The van der Waals surface area contributed by atoms with E-state index in [4.69, 9.17) is 4.18 Å². The molecule has 0 aliphatic carbocycles. The van der Waals surface area contributed by atoms with Crippen molar-refractivity contribution in [2.45, 2.75) is 25.7 Å². The highest BCUT2D eigenvalue weighted by Gasteiger charge is 2.29. The van der Waals surface area contributed by atoms with Gasteiger partial charge in [-0.1, -0.05) is 77.4 Å². The van der Waals surface area contributed by atoms with Crippen LogP contribution in [-0.4, -0.2) is 12.8 Å². The van der Waals surface area contributed by atoms with Crippen LogP contribution >= 0.6 is 0 Å². The Hall–Kier alpha value is -4.34. The van der Waals surface area contributed by atoms with E-state index >= 15 is 0 Å². The number of fused-ring (bicyclic) bond motifs is 1. The van der Waals surface area contributed by atoms with Crippen LogP contribution in [0.1, 0.15) is 22.3 Å². The van der Waals surface area contributed by atoms with Crippen molar-refractivity contribution in [3.05, 3.63) is 113 Å². The highest BCUT2D eigenvalue weighted by atomic mass is 32.2. The summed E-state index contributed by atoms with van der Waals surface area (Å²) >= 11 is 0. The summed E-state index contributed by atoms with van der Waals surface area (Å²) in [6.45, 7) is 5.90. The summed E-state index contributed by atoms with van der Waals surface area (Å²) in [6, 6.07) is 28.0. The highest BCUT2D eigenvalue weighted by molar-refractivity contribution is 7.87. The largest absolute Gasteiger partial charge is 0.376 e. The lowest BCUT2D eigenvalue weighted by Crippen LogP contribution is -2.10. The fourth-order valence-corrected chi connectivity index (χ4v) is 5.24. The van der Waals surface area contributed by atoms with Crippen LogP contribution < -0.4 is 4.18 Å². The SMILES string of the molecule is Cc1ccc(-c2c(OS(=O)(=O)c3ccc(C)cc3)c3c(C#N)cccn3c2-c2ccc(C)cc2)cc1. The number of nitrogens with zero attached hydrogens (tertiary/aromatic N) is 2. The Morgan fingerprint density at radius 1 is 0.750 bits per heavy atom. The molecule has 0 aliphatic rings. The Labute approximate surface area is 211 Å². The molecular formula is C30H24N2O3S. The highest BCUT2D eigenvalue weighted by Crippen LogP contribution is 2.46. The summed E-state index contributed by atoms with van der Waals surface area (Å²) in [6.07, 6.45) is 1.83. The van der Waals surface area contributed by atoms with Crippen LogP contribution in [0.5, 0.6) is 5.75 Å². The predicted octanol–water partition coefficient (Wildman–Crippen LogP) is 6.84. The second-order valence-corrected chi connectivity index (χ2v) is 10.4. The monoisotopic (exact) mass is 492 g/mol. The van der Waals surface area contributed by atoms with Crippen molar-refractivity contribution in [1.82, 2.24) is 4.40 Å². The van der Waals surface area contributed by atoms with Crippen molar-refractivity contribution in [3.63, 3.8) is 0 Å². The zero-order valence-electron chi connectivity index (χ0n) is 20.2. The summed E-state index contributed by atoms with van der Waals surface area (Å²) in [4.78, 5) is 0.0497. The molecule has 0 saturated carbocycles. The number of aromatic nitrogens is 1. The number of rotatable bonds is 5. The van der Waals surface area contributed by atoms with Gasteiger partial charge in [0, 0.05) is 6.20 Å². The number of hydrogen-bond acceptors (Lipinski definition) is 4. The van der Waals surface area contributed by atoms with Crippen molar-refractivity contribution >= 4 is 15.6 Å². The van der Waals surface area contributed by atoms with Gasteiger partial charge in [0.25, 0.3) is 0 Å². The molecule has 0 spiro atoms. The smallest absolute Gasteiger partial charge is 0.339 e. The number of aryl methyl sites for hydroxylation is 3. The molecule has 0 unspecified atom stereocenters. The van der Waals surface area contributed by atoms with Gasteiger partial charge in [-0.25, -0.2) is 0 Å². The molecule has 0 fully saturated rings. The number of hydrogen-bond donors (Lipinski definition) is 0. The van der Waals surface area contributed by atoms with E-state index in [2.05, 4.69) is 6.07 Å². The van der Waals surface area contributed by atoms with E-state index in [9.17, 15) is 13.7 Å². The first-order valence-corrected chi connectivity index (χ1v) is 12.9. The first kappa shape index (κ1) is 23.4. The van der Waals surface area contributed by atoms with Crippen molar-refractivity contribution < 1.29 is 12.6 Å². The van der Waals surface area contributed by atoms with E-state index in [0.717, 1.165) is 33.5 Å². The van der Waals surface area contributed by atoms with Gasteiger partial charge in [-0.15, -0.1) is 0 Å². The van der Waals surface area contributed by atoms with Gasteiger partial charge in [0.15, 0.2) is 5.75 Å². The van der Waals surface area contributed by atoms with E-state index < -0.39 is 10.1 Å². The van der Waals surface area contributed by atoms with E-state index in [1.54, 1.807) is 24.3 Å². The second-order valence-electron chi connectivity index (χ2n) is 8.89. The standard InChI is InChI=1S/C30H24N2O3S/c1-20-6-12-23(13-7-20)27-28(24-14-8-21(2)9-15-24)32-18-4-5-25(19-31)29(32)30(27)35-36(33,34)26-16-10-22(3)11-17-26/h4-18H,1-3H3. The van der Waals surface area contributed by atoms with Gasteiger partial charge in [-0.3, -0.25) is 0 Å². The Morgan fingerprint density at radius 3 is 1.83 bits per heavy atom. The zero-order valence-corrected chi connectivity index (χ0v) is 21.0. The molecule has 3 aromatic carbocycles. The molecule has 5 rings (SSSR count). The van der Waals surface area contributed by atoms with Gasteiger partial charge in [0.2, 0.25) is 0 Å². The summed E-state index contributed by atoms with van der Waals surface area (Å²) in [7, 11) is -4.18. The maximum atomic E-state index is 13.5. The fraction of sp³-hybridized carbons (Fsp3) is 0.100. The fourth-order valence-electron chi connectivity index (χ4n) is 4.29. The van der Waals surface area contributed by atoms with Gasteiger partial charge >= 0.3 is 10.1 Å². The van der Waals surface area contributed by atoms with Gasteiger partial charge in [0.05, 0.1) is 16.8 Å². The van der Waals surface area contributed by atoms with Crippen molar-refractivity contribution in [1.29, 1.82) is 5.26 Å². The van der Waals surface area contributed by atoms with Crippen LogP contribution in [0, 0.1) is 32.1 Å². The average Bonchev–Trinajstić information content (AvgIpc) is 3.19. The van der Waals surface area contributed by atoms with Crippen LogP contribution in [0.2, 0.25) is 0 Å². The molecule has 5 aromatic rings. The third kappa shape index (κ3) is 4.15. The van der Waals surface area contributed by atoms with E-state index in [-0.39, 0.29) is 10.6 Å². The molecule has 178 valence electrons. The van der Waals surface area contributed by atoms with Crippen molar-refractivity contribution in [3.8, 4) is 34.2 Å². The first-order chi connectivity index (χ1) is 17.3. The number of pyridine rings is 1. The lowest BCUT2D eigenvalue weighted by atomic mass is 9.99. The van der Waals surface area contributed by atoms with Crippen LogP contribution in [0.25, 0.3) is 27.9 Å². The molecule has 2 heterocycles. The molecule has 0 atom stereocenters. The minimum atomic E-state index is -4.18. The normalized spacial score (nSPS) is 11.4. The minimum absolute atomic E-state index is 0.0497. The van der Waals surface area contributed by atoms with E-state index in [1.807, 2.05) is 79.9 Å². The minimum Gasteiger partial charge on any atom is -0.376 e. The molecular weight excluding hydrogens is 468 g/mol. The van der Waals surface area contributed by atoms with E-state index in [1.165, 1.54) is 12.1 Å². The van der Waals surface area contributed by atoms with Crippen molar-refractivity contribution in [2.24, 2.45) is 0 Å². The molecule has 0 radical (unpaired) electrons. The topological polar surface area (TPSA) is 71.6 Å². The quantitative estimate of drug-likeness (QED) is 0.252. The second kappa shape index (κ2) is 9.03. The van der Waals surface area contributed by atoms with Gasteiger partial charge in [-0.2, -0.15) is 13.7 Å². The Balaban J connectivity index is 1.87. The molecule has 0 amide bonds. The number of benzene rings is 3. The maximum absolute atomic E-state index is 13.5. The van der Waals surface area contributed by atoms with Crippen LogP contribution in [0.4, 0.5) is 0 Å². The lowest BCUT2D eigenvalue weighted by molar-refractivity contribution is 0.489. The van der Waals surface area contributed by atoms with Gasteiger partial charge < -0.3 is 8.58 Å². The molecule has 5 nitrogen and oxygen atoms in total.